The summed E-state index contributed by atoms with van der Waals surface area (Å²) in [7, 11) is 0. The van der Waals surface area contributed by atoms with Crippen LogP contribution in [0.15, 0.2) is 48.5 Å². The highest BCUT2D eigenvalue weighted by Crippen LogP contribution is 2.45. The van der Waals surface area contributed by atoms with Gasteiger partial charge in [0.1, 0.15) is 0 Å². The number of hydrogen-bond donors (Lipinski definition) is 1. The van der Waals surface area contributed by atoms with Crippen LogP contribution >= 0.6 is 11.6 Å². The zero-order valence-corrected chi connectivity index (χ0v) is 19.6. The van der Waals surface area contributed by atoms with Crippen LogP contribution in [0.5, 0.6) is 0 Å². The minimum absolute atomic E-state index is 0.0163. The summed E-state index contributed by atoms with van der Waals surface area (Å²) in [6.45, 7) is 2.07. The van der Waals surface area contributed by atoms with Gasteiger partial charge in [-0.2, -0.15) is 13.2 Å². The van der Waals surface area contributed by atoms with Gasteiger partial charge >= 0.3 is 6.18 Å². The van der Waals surface area contributed by atoms with Gasteiger partial charge in [-0.25, -0.2) is 0 Å². The molecule has 0 radical (unpaired) electrons. The summed E-state index contributed by atoms with van der Waals surface area (Å²) in [5.74, 6) is -0.188. The molecule has 7 heteroatoms. The number of amides is 1. The maximum absolute atomic E-state index is 13.0. The van der Waals surface area contributed by atoms with Gasteiger partial charge in [0.05, 0.1) is 5.56 Å². The molecule has 2 aromatic carbocycles. The molecule has 34 heavy (non-hydrogen) atoms. The number of piperidine rings is 1. The zero-order valence-electron chi connectivity index (χ0n) is 18.9. The van der Waals surface area contributed by atoms with Gasteiger partial charge in [-0.05, 0) is 80.1 Å². The molecule has 1 saturated carbocycles. The summed E-state index contributed by atoms with van der Waals surface area (Å²) in [6, 6.07) is 12.4. The van der Waals surface area contributed by atoms with Crippen molar-refractivity contribution in [1.29, 1.82) is 0 Å². The molecule has 2 unspecified atom stereocenters. The molecule has 1 amide bonds. The number of likely N-dealkylation sites (tertiary alicyclic amines) is 1. The van der Waals surface area contributed by atoms with E-state index < -0.39 is 11.7 Å². The number of allylic oxidation sites excluding steroid dienone is 1. The molecule has 2 atom stereocenters. The van der Waals surface area contributed by atoms with Crippen molar-refractivity contribution < 1.29 is 18.0 Å². The van der Waals surface area contributed by atoms with Gasteiger partial charge in [-0.15, -0.1) is 0 Å². The van der Waals surface area contributed by atoms with Crippen LogP contribution in [0.2, 0.25) is 5.02 Å². The maximum atomic E-state index is 13.0. The number of benzene rings is 2. The highest BCUT2D eigenvalue weighted by atomic mass is 35.5. The minimum Gasteiger partial charge on any atom is -0.352 e. The van der Waals surface area contributed by atoms with E-state index in [2.05, 4.69) is 46.6 Å². The molecule has 1 aliphatic heterocycles. The SMILES string of the molecule is O=C(NCc1cc(Cl)cc(C(F)(F)F)c1)C1CCC(N2CCC3(C=Cc4ccccc43)CC2)C1. The van der Waals surface area contributed by atoms with Crippen molar-refractivity contribution in [1.82, 2.24) is 10.2 Å². The molecule has 2 fully saturated rings. The van der Waals surface area contributed by atoms with Crippen LogP contribution in [-0.2, 0) is 22.9 Å². The van der Waals surface area contributed by atoms with Gasteiger partial charge in [0.2, 0.25) is 5.91 Å². The zero-order chi connectivity index (χ0) is 23.9. The Morgan fingerprint density at radius 2 is 1.88 bits per heavy atom. The first-order valence-electron chi connectivity index (χ1n) is 11.9. The molecule has 3 nitrogen and oxygen atoms in total. The van der Waals surface area contributed by atoms with E-state index in [0.717, 1.165) is 57.3 Å². The van der Waals surface area contributed by atoms with Crippen LogP contribution in [0, 0.1) is 5.92 Å². The number of alkyl halides is 3. The second-order valence-corrected chi connectivity index (χ2v) is 10.3. The number of fused-ring (bicyclic) bond motifs is 2. The molecule has 1 N–H and O–H groups in total. The Kier molecular flexibility index (Phi) is 6.23. The third-order valence-corrected chi connectivity index (χ3v) is 8.03. The van der Waals surface area contributed by atoms with E-state index in [4.69, 9.17) is 11.6 Å². The fraction of sp³-hybridized carbons (Fsp3) is 0.444. The lowest BCUT2D eigenvalue weighted by Crippen LogP contribution is -2.45. The number of carbonyl (C=O) groups is 1. The van der Waals surface area contributed by atoms with E-state index in [0.29, 0.717) is 11.6 Å². The standard InChI is InChI=1S/C27H28ClF3N2O/c28-22-14-18(13-21(16-22)27(29,30)31)17-32-25(34)20-5-6-23(15-20)33-11-9-26(10-12-33)8-7-19-3-1-2-4-24(19)26/h1-4,7-8,13-14,16,20,23H,5-6,9-12,15,17H2,(H,32,34). The van der Waals surface area contributed by atoms with Crippen LogP contribution in [0.4, 0.5) is 13.2 Å². The smallest absolute Gasteiger partial charge is 0.352 e. The molecule has 1 spiro atoms. The fourth-order valence-electron chi connectivity index (χ4n) is 5.94. The van der Waals surface area contributed by atoms with Crippen LogP contribution in [0.25, 0.3) is 6.08 Å². The van der Waals surface area contributed by atoms with Crippen LogP contribution in [0.1, 0.15) is 54.4 Å². The molecule has 180 valence electrons. The number of nitrogens with one attached hydrogen (secondary N) is 1. The molecular weight excluding hydrogens is 461 g/mol. The Morgan fingerprint density at radius 1 is 1.12 bits per heavy atom. The summed E-state index contributed by atoms with van der Waals surface area (Å²) >= 11 is 5.85. The molecule has 1 heterocycles. The Bertz CT molecular complexity index is 1110. The molecular formula is C27H28ClF3N2O. The quantitative estimate of drug-likeness (QED) is 0.555. The first kappa shape index (κ1) is 23.4. The maximum Gasteiger partial charge on any atom is 0.416 e. The van der Waals surface area contributed by atoms with E-state index in [1.54, 1.807) is 0 Å². The van der Waals surface area contributed by atoms with E-state index >= 15 is 0 Å². The topological polar surface area (TPSA) is 32.3 Å². The van der Waals surface area contributed by atoms with Crippen molar-refractivity contribution in [3.63, 3.8) is 0 Å². The van der Waals surface area contributed by atoms with Crippen molar-refractivity contribution in [3.05, 3.63) is 75.8 Å². The van der Waals surface area contributed by atoms with Gasteiger partial charge in [-0.3, -0.25) is 4.79 Å². The van der Waals surface area contributed by atoms with E-state index in [-0.39, 0.29) is 28.8 Å². The van der Waals surface area contributed by atoms with Crippen LogP contribution in [-0.4, -0.2) is 29.9 Å². The van der Waals surface area contributed by atoms with Gasteiger partial charge in [-0.1, -0.05) is 48.0 Å². The Labute approximate surface area is 203 Å². The molecule has 2 aromatic rings. The normalized spacial score (nSPS) is 23.9. The van der Waals surface area contributed by atoms with Crippen molar-refractivity contribution >= 4 is 23.6 Å². The highest BCUT2D eigenvalue weighted by Gasteiger charge is 2.41. The monoisotopic (exact) mass is 488 g/mol. The Morgan fingerprint density at radius 3 is 2.65 bits per heavy atom. The average molecular weight is 489 g/mol. The summed E-state index contributed by atoms with van der Waals surface area (Å²) in [5, 5.41) is 2.84. The number of rotatable bonds is 4. The summed E-state index contributed by atoms with van der Waals surface area (Å²) in [6.07, 6.45) is 4.92. The summed E-state index contributed by atoms with van der Waals surface area (Å²) in [4.78, 5) is 15.3. The molecule has 5 rings (SSSR count). The molecule has 3 aliphatic rings. The molecule has 2 aliphatic carbocycles. The Hall–Kier alpha value is -2.31. The highest BCUT2D eigenvalue weighted by molar-refractivity contribution is 6.30. The number of carbonyl (C=O) groups excluding carboxylic acids is 1. The molecule has 0 bridgehead atoms. The molecule has 1 saturated heterocycles. The van der Waals surface area contributed by atoms with Crippen molar-refractivity contribution in [2.24, 2.45) is 5.92 Å². The number of nitrogens with zero attached hydrogens (tertiary/aromatic N) is 1. The lowest BCUT2D eigenvalue weighted by Gasteiger charge is -2.42. The lowest BCUT2D eigenvalue weighted by molar-refractivity contribution is -0.137. The van der Waals surface area contributed by atoms with Gasteiger partial charge < -0.3 is 10.2 Å². The average Bonchev–Trinajstić information content (AvgIpc) is 3.44. The van der Waals surface area contributed by atoms with Crippen molar-refractivity contribution in [3.8, 4) is 0 Å². The van der Waals surface area contributed by atoms with E-state index in [9.17, 15) is 18.0 Å². The van der Waals surface area contributed by atoms with Crippen molar-refractivity contribution in [2.75, 3.05) is 13.1 Å². The second-order valence-electron chi connectivity index (χ2n) is 9.84. The van der Waals surface area contributed by atoms with Crippen molar-refractivity contribution in [2.45, 2.75) is 56.3 Å². The summed E-state index contributed by atoms with van der Waals surface area (Å²) in [5.41, 5.74) is 2.47. The predicted octanol–water partition coefficient (Wildman–Crippen LogP) is 6.20. The Balaban J connectivity index is 1.14. The van der Waals surface area contributed by atoms with E-state index in [1.807, 2.05) is 0 Å². The second kappa shape index (κ2) is 9.04. The summed E-state index contributed by atoms with van der Waals surface area (Å²) < 4.78 is 39.1. The first-order valence-corrected chi connectivity index (χ1v) is 12.3. The van der Waals surface area contributed by atoms with E-state index in [1.165, 1.54) is 17.2 Å². The minimum atomic E-state index is -4.47. The van der Waals surface area contributed by atoms with Crippen LogP contribution < -0.4 is 5.32 Å². The molecule has 0 aromatic heterocycles. The third-order valence-electron chi connectivity index (χ3n) is 7.81. The third kappa shape index (κ3) is 4.63. The first-order chi connectivity index (χ1) is 16.2. The van der Waals surface area contributed by atoms with Crippen LogP contribution in [0.3, 0.4) is 0 Å². The van der Waals surface area contributed by atoms with Gasteiger partial charge in [0.25, 0.3) is 0 Å². The largest absolute Gasteiger partial charge is 0.416 e. The van der Waals surface area contributed by atoms with Gasteiger partial charge in [0, 0.05) is 28.9 Å². The number of hydrogen-bond acceptors (Lipinski definition) is 2. The number of halogens is 4. The fourth-order valence-corrected chi connectivity index (χ4v) is 6.19. The van der Waals surface area contributed by atoms with Gasteiger partial charge in [0.15, 0.2) is 0 Å². The predicted molar refractivity (Wildman–Crippen MR) is 127 cm³/mol. The lowest BCUT2D eigenvalue weighted by atomic mass is 9.74.